The first-order chi connectivity index (χ1) is 10.0. The number of carbonyl (C=O) groups is 1. The molecule has 0 amide bonds. The van der Waals surface area contributed by atoms with E-state index in [1.807, 2.05) is 0 Å². The van der Waals surface area contributed by atoms with Gasteiger partial charge in [0.15, 0.2) is 0 Å². The minimum atomic E-state index is -0.678. The molecule has 1 aliphatic rings. The molecule has 2 unspecified atom stereocenters. The fraction of sp³-hybridized carbons (Fsp3) is 0.611. The van der Waals surface area contributed by atoms with E-state index in [0.717, 1.165) is 32.2 Å². The fourth-order valence-electron chi connectivity index (χ4n) is 3.21. The summed E-state index contributed by atoms with van der Waals surface area (Å²) in [5.74, 6) is -0.151. The molecular formula is C18H27NO2. The number of carboxylic acid groups (broad SMARTS) is 1. The summed E-state index contributed by atoms with van der Waals surface area (Å²) < 4.78 is 0. The van der Waals surface area contributed by atoms with Gasteiger partial charge in [0.2, 0.25) is 0 Å². The van der Waals surface area contributed by atoms with Crippen molar-refractivity contribution in [1.82, 2.24) is 4.90 Å². The molecule has 116 valence electrons. The minimum Gasteiger partial charge on any atom is -0.480 e. The van der Waals surface area contributed by atoms with Gasteiger partial charge in [-0.2, -0.15) is 0 Å². The van der Waals surface area contributed by atoms with Crippen LogP contribution in [0.25, 0.3) is 0 Å². The van der Waals surface area contributed by atoms with Crippen molar-refractivity contribution in [3.05, 3.63) is 35.4 Å². The van der Waals surface area contributed by atoms with Gasteiger partial charge in [-0.15, -0.1) is 0 Å². The summed E-state index contributed by atoms with van der Waals surface area (Å²) in [5, 5.41) is 9.50. The summed E-state index contributed by atoms with van der Waals surface area (Å²) in [6, 6.07) is 8.47. The van der Waals surface area contributed by atoms with Gasteiger partial charge >= 0.3 is 5.97 Å². The first kappa shape index (κ1) is 16.0. The summed E-state index contributed by atoms with van der Waals surface area (Å²) in [4.78, 5) is 13.7. The second kappa shape index (κ2) is 7.08. The average Bonchev–Trinajstić information content (AvgIpc) is 2.72. The van der Waals surface area contributed by atoms with E-state index in [4.69, 9.17) is 0 Å². The summed E-state index contributed by atoms with van der Waals surface area (Å²) >= 11 is 0. The van der Waals surface area contributed by atoms with Crippen LogP contribution in [0, 0.1) is 0 Å². The zero-order valence-corrected chi connectivity index (χ0v) is 13.4. The highest BCUT2D eigenvalue weighted by Gasteiger charge is 2.30. The zero-order chi connectivity index (χ0) is 15.4. The van der Waals surface area contributed by atoms with Crippen molar-refractivity contribution in [3.63, 3.8) is 0 Å². The third kappa shape index (κ3) is 3.85. The van der Waals surface area contributed by atoms with Crippen molar-refractivity contribution in [1.29, 1.82) is 0 Å². The molecule has 1 aliphatic heterocycles. The lowest BCUT2D eigenvalue weighted by atomic mass is 9.98. The van der Waals surface area contributed by atoms with Gasteiger partial charge in [-0.25, -0.2) is 0 Å². The molecule has 0 saturated carbocycles. The molecule has 1 N–H and O–H groups in total. The SMILES string of the molecule is CC(C)c1ccc(C(C)N2CCCCCC2C(=O)O)cc1. The topological polar surface area (TPSA) is 40.5 Å². The second-order valence-corrected chi connectivity index (χ2v) is 6.44. The molecule has 0 spiro atoms. The molecule has 1 fully saturated rings. The molecular weight excluding hydrogens is 262 g/mol. The van der Waals surface area contributed by atoms with Gasteiger partial charge in [0.05, 0.1) is 0 Å². The van der Waals surface area contributed by atoms with Gasteiger partial charge in [-0.1, -0.05) is 51.0 Å². The molecule has 2 rings (SSSR count). The molecule has 1 aromatic carbocycles. The molecule has 0 radical (unpaired) electrons. The molecule has 0 aliphatic carbocycles. The van der Waals surface area contributed by atoms with Gasteiger partial charge in [-0.3, -0.25) is 9.69 Å². The molecule has 3 nitrogen and oxygen atoms in total. The first-order valence-corrected chi connectivity index (χ1v) is 8.09. The third-order valence-electron chi connectivity index (χ3n) is 4.66. The monoisotopic (exact) mass is 289 g/mol. The van der Waals surface area contributed by atoms with Gasteiger partial charge in [0.1, 0.15) is 6.04 Å². The van der Waals surface area contributed by atoms with Crippen LogP contribution in [0.15, 0.2) is 24.3 Å². The Hall–Kier alpha value is -1.35. The van der Waals surface area contributed by atoms with Crippen molar-refractivity contribution in [2.45, 2.75) is 64.5 Å². The van der Waals surface area contributed by atoms with Crippen LogP contribution in [0.4, 0.5) is 0 Å². The van der Waals surface area contributed by atoms with E-state index in [1.54, 1.807) is 0 Å². The summed E-state index contributed by atoms with van der Waals surface area (Å²) in [6.45, 7) is 7.39. The lowest BCUT2D eigenvalue weighted by Crippen LogP contribution is -2.42. The van der Waals surface area contributed by atoms with Crippen molar-refractivity contribution < 1.29 is 9.90 Å². The second-order valence-electron chi connectivity index (χ2n) is 6.44. The van der Waals surface area contributed by atoms with Crippen LogP contribution in [-0.4, -0.2) is 28.6 Å². The number of likely N-dealkylation sites (tertiary alicyclic amines) is 1. The number of benzene rings is 1. The van der Waals surface area contributed by atoms with Gasteiger partial charge in [0.25, 0.3) is 0 Å². The molecule has 0 bridgehead atoms. The van der Waals surface area contributed by atoms with E-state index in [1.165, 1.54) is 11.1 Å². The number of carboxylic acids is 1. The quantitative estimate of drug-likeness (QED) is 0.903. The lowest BCUT2D eigenvalue weighted by molar-refractivity contribution is -0.144. The van der Waals surface area contributed by atoms with E-state index in [-0.39, 0.29) is 12.1 Å². The Bertz CT molecular complexity index is 467. The van der Waals surface area contributed by atoms with Crippen molar-refractivity contribution in [3.8, 4) is 0 Å². The maximum Gasteiger partial charge on any atom is 0.320 e. The highest BCUT2D eigenvalue weighted by molar-refractivity contribution is 5.73. The number of aliphatic carboxylic acids is 1. The zero-order valence-electron chi connectivity index (χ0n) is 13.4. The van der Waals surface area contributed by atoms with E-state index < -0.39 is 5.97 Å². The first-order valence-electron chi connectivity index (χ1n) is 8.09. The van der Waals surface area contributed by atoms with Gasteiger partial charge in [0, 0.05) is 6.04 Å². The summed E-state index contributed by atoms with van der Waals surface area (Å²) in [7, 11) is 0. The predicted octanol–water partition coefficient (Wildman–Crippen LogP) is 4.20. The Morgan fingerprint density at radius 2 is 1.71 bits per heavy atom. The minimum absolute atomic E-state index is 0.158. The highest BCUT2D eigenvalue weighted by atomic mass is 16.4. The number of rotatable bonds is 4. The molecule has 1 aromatic rings. The van der Waals surface area contributed by atoms with Crippen LogP contribution in [0.1, 0.15) is 69.5 Å². The summed E-state index contributed by atoms with van der Waals surface area (Å²) in [5.41, 5.74) is 2.55. The van der Waals surface area contributed by atoms with Gasteiger partial charge in [-0.05, 0) is 43.4 Å². The van der Waals surface area contributed by atoms with Crippen LogP contribution in [0.2, 0.25) is 0 Å². The highest BCUT2D eigenvalue weighted by Crippen LogP contribution is 2.28. The predicted molar refractivity (Wildman–Crippen MR) is 85.5 cm³/mol. The van der Waals surface area contributed by atoms with E-state index >= 15 is 0 Å². The number of hydrogen-bond donors (Lipinski definition) is 1. The Morgan fingerprint density at radius 1 is 1.10 bits per heavy atom. The van der Waals surface area contributed by atoms with E-state index in [9.17, 15) is 9.90 Å². The Morgan fingerprint density at radius 3 is 2.29 bits per heavy atom. The average molecular weight is 289 g/mol. The molecule has 1 saturated heterocycles. The van der Waals surface area contributed by atoms with Crippen LogP contribution in [-0.2, 0) is 4.79 Å². The Labute approximate surface area is 128 Å². The largest absolute Gasteiger partial charge is 0.480 e. The Kier molecular flexibility index (Phi) is 5.40. The van der Waals surface area contributed by atoms with Crippen molar-refractivity contribution in [2.75, 3.05) is 6.54 Å². The third-order valence-corrected chi connectivity index (χ3v) is 4.66. The molecule has 1 heterocycles. The molecule has 2 atom stereocenters. The van der Waals surface area contributed by atoms with Gasteiger partial charge < -0.3 is 5.11 Å². The van der Waals surface area contributed by atoms with E-state index in [0.29, 0.717) is 5.92 Å². The van der Waals surface area contributed by atoms with Crippen molar-refractivity contribution in [2.24, 2.45) is 0 Å². The van der Waals surface area contributed by atoms with Crippen LogP contribution in [0.5, 0.6) is 0 Å². The standard InChI is InChI=1S/C18H27NO2/c1-13(2)15-8-10-16(11-9-15)14(3)19-12-6-4-5-7-17(19)18(20)21/h8-11,13-14,17H,4-7,12H2,1-3H3,(H,20,21). The van der Waals surface area contributed by atoms with Crippen LogP contribution < -0.4 is 0 Å². The molecule has 21 heavy (non-hydrogen) atoms. The molecule has 3 heteroatoms. The Balaban J connectivity index is 2.19. The van der Waals surface area contributed by atoms with E-state index in [2.05, 4.69) is 49.9 Å². The maximum atomic E-state index is 11.6. The fourth-order valence-corrected chi connectivity index (χ4v) is 3.21. The summed E-state index contributed by atoms with van der Waals surface area (Å²) in [6.07, 6.45) is 4.02. The van der Waals surface area contributed by atoms with Crippen LogP contribution in [0.3, 0.4) is 0 Å². The van der Waals surface area contributed by atoms with Crippen LogP contribution >= 0.6 is 0 Å². The smallest absolute Gasteiger partial charge is 0.320 e. The number of nitrogens with zero attached hydrogens (tertiary/aromatic N) is 1. The normalized spacial score (nSPS) is 22.0. The van der Waals surface area contributed by atoms with Crippen molar-refractivity contribution >= 4 is 5.97 Å². The number of hydrogen-bond acceptors (Lipinski definition) is 2. The maximum absolute atomic E-state index is 11.6. The lowest BCUT2D eigenvalue weighted by Gasteiger charge is -2.33. The molecule has 0 aromatic heterocycles.